The lowest BCUT2D eigenvalue weighted by Gasteiger charge is -2.35. The summed E-state index contributed by atoms with van der Waals surface area (Å²) in [6.07, 6.45) is 0.861. The molecular weight excluding hydrogens is 418 g/mol. The van der Waals surface area contributed by atoms with Crippen LogP contribution in [0.3, 0.4) is 0 Å². The molecule has 0 aliphatic carbocycles. The van der Waals surface area contributed by atoms with Crippen molar-refractivity contribution in [3.63, 3.8) is 0 Å². The smallest absolute Gasteiger partial charge is 0.293 e. The highest BCUT2D eigenvalue weighted by Gasteiger charge is 2.28. The van der Waals surface area contributed by atoms with Gasteiger partial charge in [0.2, 0.25) is 0 Å². The second kappa shape index (κ2) is 9.44. The van der Waals surface area contributed by atoms with Gasteiger partial charge in [0.1, 0.15) is 5.69 Å². The predicted molar refractivity (Wildman–Crippen MR) is 119 cm³/mol. The molecule has 1 N–H and O–H groups in total. The lowest BCUT2D eigenvalue weighted by Crippen LogP contribution is -2.48. The molecule has 0 spiro atoms. The standard InChI is InChI=1S/C21H25N5O4S/c27-20(24-8-2-6-22-7-9-24)16-4-5-17(18(15-16)26(29)30)23-10-12-25(13-11-23)21(28)19-3-1-14-31-19/h1,3-5,14-15,22H,2,6-13H2. The molecule has 0 atom stereocenters. The molecule has 2 aromatic rings. The fourth-order valence-corrected chi connectivity index (χ4v) is 4.70. The number of hydrogen-bond donors (Lipinski definition) is 1. The van der Waals surface area contributed by atoms with Crippen LogP contribution in [-0.2, 0) is 0 Å². The minimum Gasteiger partial charge on any atom is -0.362 e. The Morgan fingerprint density at radius 2 is 1.74 bits per heavy atom. The number of benzene rings is 1. The highest BCUT2D eigenvalue weighted by Crippen LogP contribution is 2.31. The summed E-state index contributed by atoms with van der Waals surface area (Å²) in [7, 11) is 0. The Morgan fingerprint density at radius 3 is 2.45 bits per heavy atom. The zero-order valence-electron chi connectivity index (χ0n) is 17.2. The van der Waals surface area contributed by atoms with Crippen LogP contribution in [0.5, 0.6) is 0 Å². The van der Waals surface area contributed by atoms with Crippen LogP contribution >= 0.6 is 11.3 Å². The van der Waals surface area contributed by atoms with E-state index in [-0.39, 0.29) is 17.5 Å². The van der Waals surface area contributed by atoms with Gasteiger partial charge in [-0.05, 0) is 36.5 Å². The van der Waals surface area contributed by atoms with Gasteiger partial charge in [-0.1, -0.05) is 6.07 Å². The van der Waals surface area contributed by atoms with E-state index in [1.807, 2.05) is 16.3 Å². The maximum absolute atomic E-state index is 12.9. The largest absolute Gasteiger partial charge is 0.362 e. The van der Waals surface area contributed by atoms with Crippen molar-refractivity contribution in [2.45, 2.75) is 6.42 Å². The number of piperazine rings is 1. The van der Waals surface area contributed by atoms with Gasteiger partial charge in [-0.3, -0.25) is 19.7 Å². The van der Waals surface area contributed by atoms with E-state index in [1.54, 1.807) is 28.0 Å². The Hall–Kier alpha value is -2.98. The highest BCUT2D eigenvalue weighted by atomic mass is 32.1. The molecule has 3 heterocycles. The third-order valence-electron chi connectivity index (χ3n) is 5.69. The monoisotopic (exact) mass is 443 g/mol. The number of rotatable bonds is 4. The molecule has 9 nitrogen and oxygen atoms in total. The molecule has 0 radical (unpaired) electrons. The van der Waals surface area contributed by atoms with Gasteiger partial charge in [0.25, 0.3) is 17.5 Å². The fraction of sp³-hybridized carbons (Fsp3) is 0.429. The highest BCUT2D eigenvalue weighted by molar-refractivity contribution is 7.12. The summed E-state index contributed by atoms with van der Waals surface area (Å²) in [5.74, 6) is -0.179. The molecule has 2 saturated heterocycles. The Labute approximate surface area is 184 Å². The number of nitrogens with zero attached hydrogens (tertiary/aromatic N) is 4. The third kappa shape index (κ3) is 4.70. The zero-order valence-corrected chi connectivity index (χ0v) is 18.0. The van der Waals surface area contributed by atoms with Crippen molar-refractivity contribution in [1.29, 1.82) is 0 Å². The van der Waals surface area contributed by atoms with Crippen molar-refractivity contribution in [3.8, 4) is 0 Å². The molecule has 0 bridgehead atoms. The number of thiophene rings is 1. The summed E-state index contributed by atoms with van der Waals surface area (Å²) in [6.45, 7) is 4.82. The van der Waals surface area contributed by atoms with Gasteiger partial charge in [0.05, 0.1) is 9.80 Å². The third-order valence-corrected chi connectivity index (χ3v) is 6.54. The van der Waals surface area contributed by atoms with Crippen molar-refractivity contribution < 1.29 is 14.5 Å². The van der Waals surface area contributed by atoms with Gasteiger partial charge in [-0.2, -0.15) is 0 Å². The summed E-state index contributed by atoms with van der Waals surface area (Å²) in [6, 6.07) is 8.38. The Balaban J connectivity index is 1.48. The SMILES string of the molecule is O=C(c1ccc(N2CCN(C(=O)c3cccs3)CC2)c([N+](=O)[O-])c1)N1CCCNCC1. The van der Waals surface area contributed by atoms with Crippen LogP contribution in [-0.4, -0.2) is 78.9 Å². The van der Waals surface area contributed by atoms with Gasteiger partial charge in [0.15, 0.2) is 0 Å². The second-order valence-electron chi connectivity index (χ2n) is 7.61. The molecule has 4 rings (SSSR count). The van der Waals surface area contributed by atoms with Crippen LogP contribution in [0.4, 0.5) is 11.4 Å². The summed E-state index contributed by atoms with van der Waals surface area (Å²) in [4.78, 5) is 42.9. The lowest BCUT2D eigenvalue weighted by atomic mass is 10.1. The summed E-state index contributed by atoms with van der Waals surface area (Å²) in [5.41, 5.74) is 0.753. The number of hydrogen-bond acceptors (Lipinski definition) is 7. The average molecular weight is 444 g/mol. The number of carbonyl (C=O) groups excluding carboxylic acids is 2. The first kappa shape index (κ1) is 21.3. The summed E-state index contributed by atoms with van der Waals surface area (Å²) < 4.78 is 0. The Kier molecular flexibility index (Phi) is 6.47. The van der Waals surface area contributed by atoms with E-state index < -0.39 is 4.92 Å². The minimum absolute atomic E-state index is 0.00275. The van der Waals surface area contributed by atoms with Crippen LogP contribution in [0.1, 0.15) is 26.5 Å². The number of anilines is 1. The van der Waals surface area contributed by atoms with Crippen molar-refractivity contribution in [3.05, 3.63) is 56.3 Å². The van der Waals surface area contributed by atoms with E-state index in [2.05, 4.69) is 5.32 Å². The van der Waals surface area contributed by atoms with E-state index in [4.69, 9.17) is 0 Å². The van der Waals surface area contributed by atoms with Crippen molar-refractivity contribution in [1.82, 2.24) is 15.1 Å². The van der Waals surface area contributed by atoms with E-state index in [0.717, 1.165) is 19.5 Å². The molecule has 1 aromatic carbocycles. The number of nitro groups is 1. The van der Waals surface area contributed by atoms with Crippen LogP contribution < -0.4 is 10.2 Å². The molecule has 2 amide bonds. The average Bonchev–Trinajstić information content (AvgIpc) is 3.20. The topological polar surface area (TPSA) is 99.0 Å². The van der Waals surface area contributed by atoms with Gasteiger partial charge >= 0.3 is 0 Å². The van der Waals surface area contributed by atoms with E-state index in [1.165, 1.54) is 17.4 Å². The first-order valence-electron chi connectivity index (χ1n) is 10.4. The molecule has 2 aliphatic heterocycles. The number of amides is 2. The molecule has 0 saturated carbocycles. The molecule has 1 aromatic heterocycles. The van der Waals surface area contributed by atoms with Crippen LogP contribution in [0, 0.1) is 10.1 Å². The van der Waals surface area contributed by atoms with Crippen molar-refractivity contribution in [2.24, 2.45) is 0 Å². The summed E-state index contributed by atoms with van der Waals surface area (Å²) >= 11 is 1.41. The van der Waals surface area contributed by atoms with E-state index in [0.29, 0.717) is 55.4 Å². The Bertz CT molecular complexity index is 949. The number of nitro benzene ring substituents is 1. The van der Waals surface area contributed by atoms with Gasteiger partial charge < -0.3 is 20.0 Å². The first-order valence-corrected chi connectivity index (χ1v) is 11.3. The number of nitrogens with one attached hydrogen (secondary N) is 1. The molecule has 2 aliphatic rings. The van der Waals surface area contributed by atoms with Crippen molar-refractivity contribution >= 4 is 34.5 Å². The summed E-state index contributed by atoms with van der Waals surface area (Å²) in [5, 5.41) is 16.9. The van der Waals surface area contributed by atoms with Gasteiger partial charge in [-0.15, -0.1) is 11.3 Å². The molecule has 10 heteroatoms. The number of carbonyl (C=O) groups is 2. The first-order chi connectivity index (χ1) is 15.0. The maximum Gasteiger partial charge on any atom is 0.293 e. The van der Waals surface area contributed by atoms with Gasteiger partial charge in [0, 0.05) is 57.4 Å². The molecule has 2 fully saturated rings. The fourth-order valence-electron chi connectivity index (χ4n) is 4.01. The molecule has 0 unspecified atom stereocenters. The molecular formula is C21H25N5O4S. The minimum atomic E-state index is -0.431. The Morgan fingerprint density at radius 1 is 0.968 bits per heavy atom. The van der Waals surface area contributed by atoms with Gasteiger partial charge in [-0.25, -0.2) is 0 Å². The predicted octanol–water partition coefficient (Wildman–Crippen LogP) is 2.05. The zero-order chi connectivity index (χ0) is 21.8. The normalized spacial score (nSPS) is 17.4. The maximum atomic E-state index is 12.9. The van der Waals surface area contributed by atoms with Crippen LogP contribution in [0.25, 0.3) is 0 Å². The van der Waals surface area contributed by atoms with Crippen molar-refractivity contribution in [2.75, 3.05) is 57.3 Å². The second-order valence-corrected chi connectivity index (χ2v) is 8.56. The molecule has 31 heavy (non-hydrogen) atoms. The van der Waals surface area contributed by atoms with Crippen LogP contribution in [0.15, 0.2) is 35.7 Å². The quantitative estimate of drug-likeness (QED) is 0.574. The lowest BCUT2D eigenvalue weighted by molar-refractivity contribution is -0.384. The van der Waals surface area contributed by atoms with E-state index >= 15 is 0 Å². The van der Waals surface area contributed by atoms with E-state index in [9.17, 15) is 19.7 Å². The molecule has 164 valence electrons. The van der Waals surface area contributed by atoms with Crippen LogP contribution in [0.2, 0.25) is 0 Å².